The Balaban J connectivity index is 0. The molecule has 0 aromatic carbocycles. The summed E-state index contributed by atoms with van der Waals surface area (Å²) < 4.78 is 33.0. The number of alkyl halides is 3. The second kappa shape index (κ2) is 4.11. The van der Waals surface area contributed by atoms with Gasteiger partial charge in [-0.2, -0.15) is 13.2 Å². The Bertz CT molecular complexity index is 66.2. The molecular formula is C4H5F3Pd. The Hall–Kier alpha value is 0.192. The van der Waals surface area contributed by atoms with Crippen LogP contribution >= 0.6 is 0 Å². The molecule has 0 aliphatic heterocycles. The number of halogens is 3. The molecule has 0 spiro atoms. The molecule has 8 heavy (non-hydrogen) atoms. The fourth-order valence-corrected chi connectivity index (χ4v) is 0.164. The molecule has 0 rings (SSSR count). The molecule has 0 aromatic rings. The van der Waals surface area contributed by atoms with Gasteiger partial charge in [-0.25, -0.2) is 0 Å². The van der Waals surface area contributed by atoms with E-state index in [0.717, 1.165) is 6.08 Å². The maximum atomic E-state index is 11.0. The minimum absolute atomic E-state index is 0. The summed E-state index contributed by atoms with van der Waals surface area (Å²) in [6.07, 6.45) is -4.13. The van der Waals surface area contributed by atoms with Crippen LogP contribution in [-0.4, -0.2) is 6.18 Å². The number of allylic oxidation sites excluding steroid dienone is 1. The minimum atomic E-state index is -4.07. The molecule has 0 aliphatic carbocycles. The van der Waals surface area contributed by atoms with Gasteiger partial charge in [0.15, 0.2) is 0 Å². The van der Waals surface area contributed by atoms with Crippen LogP contribution in [0.1, 0.15) is 6.42 Å². The van der Waals surface area contributed by atoms with Gasteiger partial charge in [-0.3, -0.25) is 0 Å². The van der Waals surface area contributed by atoms with Gasteiger partial charge in [0.1, 0.15) is 0 Å². The van der Waals surface area contributed by atoms with E-state index in [-0.39, 0.29) is 20.4 Å². The van der Waals surface area contributed by atoms with E-state index in [0.29, 0.717) is 0 Å². The standard InChI is InChI=1S/C4H5F3.Pd/c1-2-3-4(5,6)7;/h2H,1,3H2;. The molecule has 0 atom stereocenters. The number of hydrogen-bond acceptors (Lipinski definition) is 0. The molecule has 0 nitrogen and oxygen atoms in total. The van der Waals surface area contributed by atoms with Gasteiger partial charge in [0.25, 0.3) is 0 Å². The van der Waals surface area contributed by atoms with Crippen LogP contribution in [0.25, 0.3) is 0 Å². The smallest absolute Gasteiger partial charge is 0.171 e. The number of hydrogen-bond donors (Lipinski definition) is 0. The minimum Gasteiger partial charge on any atom is -0.171 e. The van der Waals surface area contributed by atoms with Crippen molar-refractivity contribution in [3.63, 3.8) is 0 Å². The van der Waals surface area contributed by atoms with Crippen LogP contribution in [0.15, 0.2) is 12.7 Å². The first-order chi connectivity index (χ1) is 3.06. The summed E-state index contributed by atoms with van der Waals surface area (Å²) in [4.78, 5) is 0. The van der Waals surface area contributed by atoms with Crippen LogP contribution in [0.2, 0.25) is 0 Å². The summed E-state index contributed by atoms with van der Waals surface area (Å²) in [6.45, 7) is 2.93. The van der Waals surface area contributed by atoms with Crippen molar-refractivity contribution in [1.29, 1.82) is 0 Å². The molecule has 0 N–H and O–H groups in total. The van der Waals surface area contributed by atoms with E-state index in [1.165, 1.54) is 0 Å². The molecule has 0 unspecified atom stereocenters. The van der Waals surface area contributed by atoms with E-state index < -0.39 is 12.6 Å². The fourth-order valence-electron chi connectivity index (χ4n) is 0.164. The molecule has 0 aliphatic rings. The SMILES string of the molecule is C=CCC(F)(F)F.[Pd]. The first-order valence-electron chi connectivity index (χ1n) is 1.74. The van der Waals surface area contributed by atoms with E-state index in [1.807, 2.05) is 0 Å². The van der Waals surface area contributed by atoms with Crippen molar-refractivity contribution in [1.82, 2.24) is 0 Å². The Kier molecular flexibility index (Phi) is 5.68. The zero-order chi connectivity index (χ0) is 5.91. The summed E-state index contributed by atoms with van der Waals surface area (Å²) in [7, 11) is 0. The quantitative estimate of drug-likeness (QED) is 0.465. The second-order valence-corrected chi connectivity index (χ2v) is 1.11. The van der Waals surface area contributed by atoms with Gasteiger partial charge in [-0.15, -0.1) is 6.58 Å². The molecule has 0 radical (unpaired) electrons. The molecule has 0 heterocycles. The van der Waals surface area contributed by atoms with Gasteiger partial charge in [0, 0.05) is 20.4 Å². The summed E-state index contributed by atoms with van der Waals surface area (Å²) >= 11 is 0. The van der Waals surface area contributed by atoms with Gasteiger partial charge in [-0.1, -0.05) is 6.08 Å². The first kappa shape index (κ1) is 11.1. The van der Waals surface area contributed by atoms with Gasteiger partial charge in [0.2, 0.25) is 0 Å². The number of rotatable bonds is 1. The third kappa shape index (κ3) is 9.50. The average molecular weight is 216 g/mol. The molecule has 0 fully saturated rings. The van der Waals surface area contributed by atoms with E-state index in [4.69, 9.17) is 0 Å². The molecule has 52 valence electrons. The molecule has 0 bridgehead atoms. The Morgan fingerprint density at radius 1 is 1.38 bits per heavy atom. The van der Waals surface area contributed by atoms with Crippen molar-refractivity contribution in [3.05, 3.63) is 12.7 Å². The maximum Gasteiger partial charge on any atom is 0.392 e. The van der Waals surface area contributed by atoms with E-state index in [2.05, 4.69) is 6.58 Å². The zero-order valence-corrected chi connectivity index (χ0v) is 5.50. The van der Waals surface area contributed by atoms with E-state index in [9.17, 15) is 13.2 Å². The van der Waals surface area contributed by atoms with Gasteiger partial charge in [0.05, 0.1) is 6.42 Å². The van der Waals surface area contributed by atoms with Crippen LogP contribution in [-0.2, 0) is 20.4 Å². The molecule has 4 heteroatoms. The summed E-state index contributed by atoms with van der Waals surface area (Å²) in [6, 6.07) is 0. The largest absolute Gasteiger partial charge is 0.392 e. The van der Waals surface area contributed by atoms with Crippen molar-refractivity contribution in [2.24, 2.45) is 0 Å². The summed E-state index contributed by atoms with van der Waals surface area (Å²) in [5, 5.41) is 0. The van der Waals surface area contributed by atoms with Crippen LogP contribution < -0.4 is 0 Å². The van der Waals surface area contributed by atoms with Crippen LogP contribution in [0.3, 0.4) is 0 Å². The fraction of sp³-hybridized carbons (Fsp3) is 0.500. The van der Waals surface area contributed by atoms with E-state index >= 15 is 0 Å². The van der Waals surface area contributed by atoms with Crippen molar-refractivity contribution >= 4 is 0 Å². The predicted octanol–water partition coefficient (Wildman–Crippen LogP) is 2.12. The van der Waals surface area contributed by atoms with Crippen LogP contribution in [0.4, 0.5) is 13.2 Å². The van der Waals surface area contributed by atoms with Crippen molar-refractivity contribution in [2.45, 2.75) is 12.6 Å². The average Bonchev–Trinajstić information content (AvgIpc) is 1.30. The van der Waals surface area contributed by atoms with Gasteiger partial charge < -0.3 is 0 Å². The third-order valence-electron chi connectivity index (χ3n) is 0.376. The third-order valence-corrected chi connectivity index (χ3v) is 0.376. The van der Waals surface area contributed by atoms with Crippen molar-refractivity contribution in [3.8, 4) is 0 Å². The molecule has 0 saturated heterocycles. The molecule has 0 amide bonds. The predicted molar refractivity (Wildman–Crippen MR) is 20.9 cm³/mol. The van der Waals surface area contributed by atoms with Crippen LogP contribution in [0.5, 0.6) is 0 Å². The van der Waals surface area contributed by atoms with Crippen LogP contribution in [0, 0.1) is 0 Å². The Morgan fingerprint density at radius 3 is 1.75 bits per heavy atom. The molecule has 0 aromatic heterocycles. The monoisotopic (exact) mass is 216 g/mol. The van der Waals surface area contributed by atoms with Gasteiger partial charge >= 0.3 is 6.18 Å². The second-order valence-electron chi connectivity index (χ2n) is 1.11. The summed E-state index contributed by atoms with van der Waals surface area (Å²) in [5.41, 5.74) is 0. The van der Waals surface area contributed by atoms with Gasteiger partial charge in [-0.05, 0) is 0 Å². The maximum absolute atomic E-state index is 11.0. The molecular weight excluding hydrogens is 211 g/mol. The zero-order valence-electron chi connectivity index (χ0n) is 3.94. The van der Waals surface area contributed by atoms with Crippen molar-refractivity contribution in [2.75, 3.05) is 0 Å². The Morgan fingerprint density at radius 2 is 1.75 bits per heavy atom. The molecule has 0 saturated carbocycles. The van der Waals surface area contributed by atoms with Crippen molar-refractivity contribution < 1.29 is 33.6 Å². The summed E-state index contributed by atoms with van der Waals surface area (Å²) in [5.74, 6) is 0. The van der Waals surface area contributed by atoms with E-state index in [1.54, 1.807) is 0 Å². The first-order valence-corrected chi connectivity index (χ1v) is 1.74. The Labute approximate surface area is 59.4 Å². The normalized spacial score (nSPS) is 9.88. The topological polar surface area (TPSA) is 0 Å².